The fourth-order valence-electron chi connectivity index (χ4n) is 5.44. The molecular formula is C38H70O4. The molecule has 0 aliphatic heterocycles. The number of carboxylic acid groups (broad SMARTS) is 1. The van der Waals surface area contributed by atoms with E-state index in [1.807, 2.05) is 0 Å². The second-order valence-corrected chi connectivity index (χ2v) is 12.4. The molecule has 42 heavy (non-hydrogen) atoms. The van der Waals surface area contributed by atoms with Crippen LogP contribution in [-0.4, -0.2) is 23.1 Å². The van der Waals surface area contributed by atoms with Crippen LogP contribution in [0.1, 0.15) is 200 Å². The van der Waals surface area contributed by atoms with E-state index >= 15 is 0 Å². The number of ether oxygens (including phenoxy) is 1. The number of aliphatic carboxylic acids is 1. The Labute approximate surface area is 261 Å². The molecule has 0 aromatic carbocycles. The Morgan fingerprint density at radius 3 is 1.45 bits per heavy atom. The van der Waals surface area contributed by atoms with Crippen molar-refractivity contribution in [2.45, 2.75) is 206 Å². The molecule has 0 radical (unpaired) electrons. The van der Waals surface area contributed by atoms with E-state index in [1.165, 1.54) is 122 Å². The van der Waals surface area contributed by atoms with E-state index in [-0.39, 0.29) is 12.1 Å². The van der Waals surface area contributed by atoms with Crippen LogP contribution < -0.4 is 0 Å². The molecule has 0 spiro atoms. The van der Waals surface area contributed by atoms with Gasteiger partial charge in [-0.15, -0.1) is 0 Å². The minimum Gasteiger partial charge on any atom is -0.481 e. The first-order valence-electron chi connectivity index (χ1n) is 18.3. The third kappa shape index (κ3) is 32.9. The van der Waals surface area contributed by atoms with Crippen LogP contribution in [0, 0.1) is 0 Å². The third-order valence-corrected chi connectivity index (χ3v) is 8.25. The zero-order valence-corrected chi connectivity index (χ0v) is 28.1. The van der Waals surface area contributed by atoms with Gasteiger partial charge in [0.1, 0.15) is 6.10 Å². The van der Waals surface area contributed by atoms with Gasteiger partial charge >= 0.3 is 11.9 Å². The number of allylic oxidation sites excluding steroid dienone is 4. The first-order chi connectivity index (χ1) is 20.6. The maximum absolute atomic E-state index is 12.3. The lowest BCUT2D eigenvalue weighted by Gasteiger charge is -2.16. The molecular weight excluding hydrogens is 520 g/mol. The van der Waals surface area contributed by atoms with Gasteiger partial charge < -0.3 is 9.84 Å². The molecule has 0 rings (SSSR count). The van der Waals surface area contributed by atoms with Crippen LogP contribution in [0.25, 0.3) is 0 Å². The quantitative estimate of drug-likeness (QED) is 0.0469. The zero-order chi connectivity index (χ0) is 30.8. The van der Waals surface area contributed by atoms with Crippen molar-refractivity contribution in [3.63, 3.8) is 0 Å². The number of carbonyl (C=O) groups is 2. The Hall–Kier alpha value is -1.58. The van der Waals surface area contributed by atoms with Gasteiger partial charge in [-0.25, -0.2) is 0 Å². The average molecular weight is 591 g/mol. The normalized spacial score (nSPS) is 12.4. The highest BCUT2D eigenvalue weighted by molar-refractivity contribution is 5.69. The number of esters is 1. The molecule has 1 unspecified atom stereocenters. The predicted molar refractivity (Wildman–Crippen MR) is 181 cm³/mol. The van der Waals surface area contributed by atoms with E-state index in [9.17, 15) is 9.59 Å². The molecule has 0 fully saturated rings. The third-order valence-electron chi connectivity index (χ3n) is 8.25. The molecule has 0 saturated heterocycles. The SMILES string of the molecule is CCCCC/C=C\C/C=C\CCCCCCCCCC(=O)OC(CC)CCCCCCCCCCCCCCC(=O)O. The van der Waals surface area contributed by atoms with E-state index in [0.29, 0.717) is 12.8 Å². The maximum Gasteiger partial charge on any atom is 0.306 e. The summed E-state index contributed by atoms with van der Waals surface area (Å²) in [7, 11) is 0. The minimum atomic E-state index is -0.672. The molecule has 0 aromatic rings. The minimum absolute atomic E-state index is 0.00586. The van der Waals surface area contributed by atoms with Crippen molar-refractivity contribution in [1.82, 2.24) is 0 Å². The summed E-state index contributed by atoms with van der Waals surface area (Å²) in [5, 5.41) is 8.65. The molecule has 0 aromatic heterocycles. The molecule has 4 nitrogen and oxygen atoms in total. The summed E-state index contributed by atoms with van der Waals surface area (Å²) in [4.78, 5) is 22.8. The lowest BCUT2D eigenvalue weighted by Crippen LogP contribution is -2.17. The van der Waals surface area contributed by atoms with Gasteiger partial charge in [0.15, 0.2) is 0 Å². The monoisotopic (exact) mass is 591 g/mol. The summed E-state index contributed by atoms with van der Waals surface area (Å²) in [5.41, 5.74) is 0. The molecule has 0 heterocycles. The smallest absolute Gasteiger partial charge is 0.306 e. The van der Waals surface area contributed by atoms with Crippen LogP contribution in [0.2, 0.25) is 0 Å². The van der Waals surface area contributed by atoms with Gasteiger partial charge in [-0.3, -0.25) is 9.59 Å². The number of unbranched alkanes of at least 4 members (excludes halogenated alkanes) is 21. The topological polar surface area (TPSA) is 63.6 Å². The largest absolute Gasteiger partial charge is 0.481 e. The van der Waals surface area contributed by atoms with Crippen molar-refractivity contribution in [3.8, 4) is 0 Å². The van der Waals surface area contributed by atoms with E-state index < -0.39 is 5.97 Å². The summed E-state index contributed by atoms with van der Waals surface area (Å²) in [6.07, 6.45) is 42.8. The number of hydrogen-bond acceptors (Lipinski definition) is 3. The van der Waals surface area contributed by atoms with Gasteiger partial charge in [0.2, 0.25) is 0 Å². The molecule has 0 aliphatic rings. The molecule has 4 heteroatoms. The van der Waals surface area contributed by atoms with Gasteiger partial charge in [0.25, 0.3) is 0 Å². The molecule has 0 saturated carbocycles. The number of carbonyl (C=O) groups excluding carboxylic acids is 1. The van der Waals surface area contributed by atoms with E-state index in [4.69, 9.17) is 9.84 Å². The fourth-order valence-corrected chi connectivity index (χ4v) is 5.44. The van der Waals surface area contributed by atoms with Crippen LogP contribution in [0.3, 0.4) is 0 Å². The van der Waals surface area contributed by atoms with Crippen molar-refractivity contribution >= 4 is 11.9 Å². The Balaban J connectivity index is 3.46. The zero-order valence-electron chi connectivity index (χ0n) is 28.1. The molecule has 0 amide bonds. The van der Waals surface area contributed by atoms with E-state index in [1.54, 1.807) is 0 Å². The molecule has 0 aliphatic carbocycles. The van der Waals surface area contributed by atoms with Gasteiger partial charge in [-0.1, -0.05) is 147 Å². The number of hydrogen-bond donors (Lipinski definition) is 1. The summed E-state index contributed by atoms with van der Waals surface area (Å²) < 4.78 is 5.77. The first kappa shape index (κ1) is 40.4. The molecule has 1 atom stereocenters. The Morgan fingerprint density at radius 2 is 0.976 bits per heavy atom. The van der Waals surface area contributed by atoms with E-state index in [0.717, 1.165) is 51.4 Å². The predicted octanol–water partition coefficient (Wildman–Crippen LogP) is 12.4. The second kappa shape index (κ2) is 33.9. The summed E-state index contributed by atoms with van der Waals surface area (Å²) >= 11 is 0. The van der Waals surface area contributed by atoms with E-state index in [2.05, 4.69) is 38.2 Å². The van der Waals surface area contributed by atoms with Crippen molar-refractivity contribution in [2.24, 2.45) is 0 Å². The van der Waals surface area contributed by atoms with Crippen molar-refractivity contribution in [1.29, 1.82) is 0 Å². The van der Waals surface area contributed by atoms with Gasteiger partial charge in [-0.05, 0) is 64.2 Å². The summed E-state index contributed by atoms with van der Waals surface area (Å²) in [5.74, 6) is -0.666. The van der Waals surface area contributed by atoms with Crippen molar-refractivity contribution in [3.05, 3.63) is 24.3 Å². The number of carboxylic acids is 1. The standard InChI is InChI=1S/C38H70O4/c1-3-5-6-7-8-9-10-11-12-13-14-15-20-23-26-29-32-35-38(41)42-36(4-2)33-30-27-24-21-18-16-17-19-22-25-28-31-34-37(39)40/h8-9,11-12,36H,3-7,10,13-35H2,1-2H3,(H,39,40)/b9-8-,12-11-. The highest BCUT2D eigenvalue weighted by Crippen LogP contribution is 2.16. The second-order valence-electron chi connectivity index (χ2n) is 12.4. The Morgan fingerprint density at radius 1 is 0.548 bits per heavy atom. The highest BCUT2D eigenvalue weighted by Gasteiger charge is 2.12. The molecule has 1 N–H and O–H groups in total. The summed E-state index contributed by atoms with van der Waals surface area (Å²) in [6.45, 7) is 4.38. The van der Waals surface area contributed by atoms with Crippen LogP contribution in [0.15, 0.2) is 24.3 Å². The first-order valence-corrected chi connectivity index (χ1v) is 18.3. The average Bonchev–Trinajstić information content (AvgIpc) is 2.98. The van der Waals surface area contributed by atoms with Crippen molar-refractivity contribution in [2.75, 3.05) is 0 Å². The Bertz CT molecular complexity index is 639. The van der Waals surface area contributed by atoms with Gasteiger partial charge in [0, 0.05) is 12.8 Å². The molecule has 246 valence electrons. The van der Waals surface area contributed by atoms with Crippen LogP contribution in [0.4, 0.5) is 0 Å². The fraction of sp³-hybridized carbons (Fsp3) is 0.842. The number of rotatable bonds is 33. The van der Waals surface area contributed by atoms with Crippen molar-refractivity contribution < 1.29 is 19.4 Å². The van der Waals surface area contributed by atoms with Crippen LogP contribution in [0.5, 0.6) is 0 Å². The summed E-state index contributed by atoms with van der Waals surface area (Å²) in [6, 6.07) is 0. The van der Waals surface area contributed by atoms with Crippen LogP contribution in [-0.2, 0) is 14.3 Å². The maximum atomic E-state index is 12.3. The highest BCUT2D eigenvalue weighted by atomic mass is 16.5. The van der Waals surface area contributed by atoms with Gasteiger partial charge in [0.05, 0.1) is 0 Å². The lowest BCUT2D eigenvalue weighted by atomic mass is 10.0. The lowest BCUT2D eigenvalue weighted by molar-refractivity contribution is -0.149. The van der Waals surface area contributed by atoms with Crippen LogP contribution >= 0.6 is 0 Å². The molecule has 0 bridgehead atoms. The Kier molecular flexibility index (Phi) is 32.6. The van der Waals surface area contributed by atoms with Gasteiger partial charge in [-0.2, -0.15) is 0 Å².